The van der Waals surface area contributed by atoms with Crippen LogP contribution in [0.1, 0.15) is 36.8 Å². The van der Waals surface area contributed by atoms with E-state index in [0.717, 1.165) is 11.1 Å². The number of aliphatic carboxylic acids is 1. The van der Waals surface area contributed by atoms with Gasteiger partial charge in [-0.2, -0.15) is 4.31 Å². The molecular formula is C19H26N2O5S. The highest BCUT2D eigenvalue weighted by atomic mass is 32.2. The van der Waals surface area contributed by atoms with Crippen LogP contribution in [0.25, 0.3) is 0 Å². The lowest BCUT2D eigenvalue weighted by molar-refractivity contribution is -0.150. The number of hydrogen-bond acceptors (Lipinski definition) is 4. The van der Waals surface area contributed by atoms with Gasteiger partial charge in [0.1, 0.15) is 6.04 Å². The maximum absolute atomic E-state index is 12.9. The Bertz CT molecular complexity index is 844. The number of nitrogens with zero attached hydrogens (tertiary/aromatic N) is 2. The molecule has 1 amide bonds. The predicted molar refractivity (Wildman–Crippen MR) is 99.8 cm³/mol. The molecule has 0 aliphatic carbocycles. The Morgan fingerprint density at radius 3 is 2.30 bits per heavy atom. The summed E-state index contributed by atoms with van der Waals surface area (Å²) in [5, 5.41) is 9.27. The maximum Gasteiger partial charge on any atom is 0.326 e. The molecule has 7 nitrogen and oxygen atoms in total. The van der Waals surface area contributed by atoms with Crippen molar-refractivity contribution in [2.75, 3.05) is 19.6 Å². The van der Waals surface area contributed by atoms with Crippen LogP contribution in [0.5, 0.6) is 0 Å². The van der Waals surface area contributed by atoms with Crippen LogP contribution in [-0.4, -0.2) is 60.3 Å². The molecule has 1 N–H and O–H groups in total. The first-order chi connectivity index (χ1) is 12.7. The monoisotopic (exact) mass is 394 g/mol. The Balaban J connectivity index is 1.67. The summed E-state index contributed by atoms with van der Waals surface area (Å²) in [6.45, 7) is 4.84. The second kappa shape index (κ2) is 7.59. The molecule has 0 bridgehead atoms. The molecule has 0 spiro atoms. The van der Waals surface area contributed by atoms with Crippen molar-refractivity contribution in [1.29, 1.82) is 0 Å². The van der Waals surface area contributed by atoms with Gasteiger partial charge < -0.3 is 10.0 Å². The molecule has 2 heterocycles. The summed E-state index contributed by atoms with van der Waals surface area (Å²) >= 11 is 0. The van der Waals surface area contributed by atoms with Gasteiger partial charge in [-0.15, -0.1) is 0 Å². The molecule has 27 heavy (non-hydrogen) atoms. The first-order valence-electron chi connectivity index (χ1n) is 9.32. The zero-order chi connectivity index (χ0) is 19.8. The summed E-state index contributed by atoms with van der Waals surface area (Å²) in [5.41, 5.74) is 1.96. The van der Waals surface area contributed by atoms with Crippen LogP contribution in [-0.2, 0) is 19.6 Å². The van der Waals surface area contributed by atoms with Gasteiger partial charge in [0.25, 0.3) is 0 Å². The van der Waals surface area contributed by atoms with E-state index in [0.29, 0.717) is 32.2 Å². The minimum atomic E-state index is -3.58. The Labute approximate surface area is 160 Å². The molecule has 148 valence electrons. The van der Waals surface area contributed by atoms with Crippen LogP contribution in [0.4, 0.5) is 0 Å². The van der Waals surface area contributed by atoms with Crippen molar-refractivity contribution in [3.8, 4) is 0 Å². The van der Waals surface area contributed by atoms with Gasteiger partial charge in [0.15, 0.2) is 0 Å². The second-order valence-electron chi connectivity index (χ2n) is 7.45. The number of likely N-dealkylation sites (tertiary alicyclic amines) is 1. The Hall–Kier alpha value is -1.93. The summed E-state index contributed by atoms with van der Waals surface area (Å²) < 4.78 is 27.2. The normalized spacial score (nSPS) is 22.1. The molecular weight excluding hydrogens is 368 g/mol. The molecule has 2 aliphatic rings. The van der Waals surface area contributed by atoms with Crippen molar-refractivity contribution in [2.24, 2.45) is 5.92 Å². The molecule has 0 aromatic heterocycles. The topological polar surface area (TPSA) is 95.0 Å². The number of carbonyl (C=O) groups excluding carboxylic acids is 1. The number of carboxylic acid groups (broad SMARTS) is 1. The maximum atomic E-state index is 12.9. The molecule has 1 aromatic rings. The third-order valence-corrected chi connectivity index (χ3v) is 7.63. The first-order valence-corrected chi connectivity index (χ1v) is 10.8. The molecule has 3 rings (SSSR count). The summed E-state index contributed by atoms with van der Waals surface area (Å²) in [4.78, 5) is 25.8. The number of benzene rings is 1. The Morgan fingerprint density at radius 2 is 1.70 bits per heavy atom. The largest absolute Gasteiger partial charge is 0.480 e. The standard InChI is InChI=1S/C19H26N2O5S/c1-13-5-6-16(12-14(13)2)27(25,26)20-10-7-15(8-11-20)18(22)21-9-3-4-17(21)19(23)24/h5-6,12,15,17H,3-4,7-11H2,1-2H3,(H,23,24)/t17-/m0/s1. The van der Waals surface area contributed by atoms with E-state index in [9.17, 15) is 23.1 Å². The quantitative estimate of drug-likeness (QED) is 0.840. The molecule has 0 radical (unpaired) electrons. The summed E-state index contributed by atoms with van der Waals surface area (Å²) in [6.07, 6.45) is 2.03. The van der Waals surface area contributed by atoms with E-state index in [2.05, 4.69) is 0 Å². The van der Waals surface area contributed by atoms with Crippen molar-refractivity contribution < 1.29 is 23.1 Å². The van der Waals surface area contributed by atoms with Crippen molar-refractivity contribution in [2.45, 2.75) is 50.5 Å². The van der Waals surface area contributed by atoms with E-state index in [1.54, 1.807) is 18.2 Å². The fraction of sp³-hybridized carbons (Fsp3) is 0.579. The number of aryl methyl sites for hydroxylation is 2. The summed E-state index contributed by atoms with van der Waals surface area (Å²) in [7, 11) is -3.58. The number of sulfonamides is 1. The van der Waals surface area contributed by atoms with Crippen LogP contribution in [0.3, 0.4) is 0 Å². The van der Waals surface area contributed by atoms with E-state index < -0.39 is 22.0 Å². The third kappa shape index (κ3) is 3.87. The number of hydrogen-bond donors (Lipinski definition) is 1. The van der Waals surface area contributed by atoms with Gasteiger partial charge in [-0.3, -0.25) is 4.79 Å². The van der Waals surface area contributed by atoms with Gasteiger partial charge in [0.05, 0.1) is 4.90 Å². The minimum Gasteiger partial charge on any atom is -0.480 e. The van der Waals surface area contributed by atoms with Gasteiger partial charge in [-0.25, -0.2) is 13.2 Å². The van der Waals surface area contributed by atoms with Crippen LogP contribution < -0.4 is 0 Å². The van der Waals surface area contributed by atoms with Gasteiger partial charge in [0, 0.05) is 25.6 Å². The van der Waals surface area contributed by atoms with Crippen molar-refractivity contribution in [3.05, 3.63) is 29.3 Å². The zero-order valence-electron chi connectivity index (χ0n) is 15.7. The average molecular weight is 394 g/mol. The third-order valence-electron chi connectivity index (χ3n) is 5.74. The lowest BCUT2D eigenvalue weighted by Gasteiger charge is -2.33. The fourth-order valence-corrected chi connectivity index (χ4v) is 5.44. The van der Waals surface area contributed by atoms with E-state index in [1.807, 2.05) is 13.8 Å². The highest BCUT2D eigenvalue weighted by Gasteiger charge is 2.39. The highest BCUT2D eigenvalue weighted by Crippen LogP contribution is 2.28. The molecule has 2 aliphatic heterocycles. The van der Waals surface area contributed by atoms with Gasteiger partial charge in [-0.05, 0) is 62.8 Å². The summed E-state index contributed by atoms with van der Waals surface area (Å²) in [6, 6.07) is 4.37. The molecule has 1 aromatic carbocycles. The number of carbonyl (C=O) groups is 2. The van der Waals surface area contributed by atoms with Crippen LogP contribution in [0.15, 0.2) is 23.1 Å². The van der Waals surface area contributed by atoms with E-state index in [1.165, 1.54) is 9.21 Å². The molecule has 2 fully saturated rings. The highest BCUT2D eigenvalue weighted by molar-refractivity contribution is 7.89. The molecule has 2 saturated heterocycles. The van der Waals surface area contributed by atoms with E-state index in [-0.39, 0.29) is 29.8 Å². The summed E-state index contributed by atoms with van der Waals surface area (Å²) in [5.74, 6) is -1.42. The van der Waals surface area contributed by atoms with Gasteiger partial charge in [0.2, 0.25) is 15.9 Å². The molecule has 0 saturated carbocycles. The average Bonchev–Trinajstić information content (AvgIpc) is 3.13. The van der Waals surface area contributed by atoms with Crippen LogP contribution in [0, 0.1) is 19.8 Å². The fourth-order valence-electron chi connectivity index (χ4n) is 3.89. The van der Waals surface area contributed by atoms with E-state index >= 15 is 0 Å². The van der Waals surface area contributed by atoms with Crippen LogP contribution >= 0.6 is 0 Å². The van der Waals surface area contributed by atoms with Crippen molar-refractivity contribution >= 4 is 21.9 Å². The number of carboxylic acids is 1. The Morgan fingerprint density at radius 1 is 1.04 bits per heavy atom. The first kappa shape index (κ1) is 19.8. The lowest BCUT2D eigenvalue weighted by Crippen LogP contribution is -2.47. The number of piperidine rings is 1. The number of rotatable bonds is 4. The van der Waals surface area contributed by atoms with Crippen LogP contribution in [0.2, 0.25) is 0 Å². The molecule has 0 unspecified atom stereocenters. The SMILES string of the molecule is Cc1ccc(S(=O)(=O)N2CCC(C(=O)N3CCC[C@H]3C(=O)O)CC2)cc1C. The van der Waals surface area contributed by atoms with Crippen molar-refractivity contribution in [1.82, 2.24) is 9.21 Å². The zero-order valence-corrected chi connectivity index (χ0v) is 16.5. The smallest absolute Gasteiger partial charge is 0.326 e. The number of amides is 1. The second-order valence-corrected chi connectivity index (χ2v) is 9.39. The van der Waals surface area contributed by atoms with Gasteiger partial charge in [-0.1, -0.05) is 6.07 Å². The van der Waals surface area contributed by atoms with Gasteiger partial charge >= 0.3 is 5.97 Å². The predicted octanol–water partition coefficient (Wildman–Crippen LogP) is 1.78. The van der Waals surface area contributed by atoms with E-state index in [4.69, 9.17) is 0 Å². The molecule has 1 atom stereocenters. The minimum absolute atomic E-state index is 0.150. The molecule has 8 heteroatoms. The Kier molecular flexibility index (Phi) is 5.58. The lowest BCUT2D eigenvalue weighted by atomic mass is 9.96. The van der Waals surface area contributed by atoms with Crippen molar-refractivity contribution in [3.63, 3.8) is 0 Å².